The zero-order valence-electron chi connectivity index (χ0n) is 16.4. The normalized spacial score (nSPS) is 22.0. The quantitative estimate of drug-likeness (QED) is 0.686. The number of carbonyl (C=O) groups is 1. The second-order valence-electron chi connectivity index (χ2n) is 7.56. The van der Waals surface area contributed by atoms with E-state index in [0.717, 1.165) is 38.5 Å². The van der Waals surface area contributed by atoms with Gasteiger partial charge in [-0.1, -0.05) is 19.3 Å². The number of ether oxygens (including phenoxy) is 2. The third-order valence-corrected chi connectivity index (χ3v) is 6.73. The monoisotopic (exact) mass is 410 g/mol. The lowest BCUT2D eigenvalue weighted by atomic mass is 9.95. The molecule has 1 aromatic rings. The molecule has 1 saturated heterocycles. The van der Waals surface area contributed by atoms with Gasteiger partial charge >= 0.3 is 0 Å². The molecule has 28 heavy (non-hydrogen) atoms. The van der Waals surface area contributed by atoms with Crippen molar-refractivity contribution in [2.24, 2.45) is 0 Å². The van der Waals surface area contributed by atoms with E-state index in [-0.39, 0.29) is 29.5 Å². The van der Waals surface area contributed by atoms with Crippen molar-refractivity contribution in [2.45, 2.75) is 75.0 Å². The zero-order valence-corrected chi connectivity index (χ0v) is 17.2. The zero-order chi connectivity index (χ0) is 20.0. The number of carbonyl (C=O) groups excluding carboxylic acids is 1. The predicted molar refractivity (Wildman–Crippen MR) is 106 cm³/mol. The number of rotatable bonds is 8. The topological polar surface area (TPSA) is 93.7 Å². The Labute approximate surface area is 167 Å². The number of hydrogen-bond donors (Lipinski definition) is 2. The summed E-state index contributed by atoms with van der Waals surface area (Å²) in [6, 6.07) is 6.35. The first kappa shape index (κ1) is 21.1. The summed E-state index contributed by atoms with van der Waals surface area (Å²) in [6.07, 6.45) is 6.71. The van der Waals surface area contributed by atoms with Crippen molar-refractivity contribution in [3.05, 3.63) is 24.3 Å². The first-order valence-electron chi connectivity index (χ1n) is 10.1. The van der Waals surface area contributed by atoms with Crippen molar-refractivity contribution in [1.29, 1.82) is 0 Å². The first-order chi connectivity index (χ1) is 13.4. The lowest BCUT2D eigenvalue weighted by Gasteiger charge is -2.24. The third kappa shape index (κ3) is 5.93. The molecule has 156 valence electrons. The van der Waals surface area contributed by atoms with E-state index < -0.39 is 16.1 Å². The Morgan fingerprint density at radius 3 is 2.50 bits per heavy atom. The van der Waals surface area contributed by atoms with Crippen LogP contribution >= 0.6 is 0 Å². The fourth-order valence-corrected chi connectivity index (χ4v) is 4.68. The van der Waals surface area contributed by atoms with Gasteiger partial charge in [0, 0.05) is 19.2 Å². The summed E-state index contributed by atoms with van der Waals surface area (Å²) in [5.41, 5.74) is 0. The molecule has 2 atom stereocenters. The summed E-state index contributed by atoms with van der Waals surface area (Å²) < 4.78 is 38.5. The largest absolute Gasteiger partial charge is 0.481 e. The van der Waals surface area contributed by atoms with Crippen molar-refractivity contribution in [2.75, 3.05) is 13.2 Å². The molecule has 2 N–H and O–H groups in total. The Bertz CT molecular complexity index is 738. The lowest BCUT2D eigenvalue weighted by Crippen LogP contribution is -2.43. The highest BCUT2D eigenvalue weighted by Crippen LogP contribution is 2.20. The van der Waals surface area contributed by atoms with Crippen molar-refractivity contribution in [3.8, 4) is 5.75 Å². The molecule has 8 heteroatoms. The predicted octanol–water partition coefficient (Wildman–Crippen LogP) is 2.36. The highest BCUT2D eigenvalue weighted by Gasteiger charge is 2.22. The van der Waals surface area contributed by atoms with E-state index in [0.29, 0.717) is 12.4 Å². The molecule has 0 unspecified atom stereocenters. The van der Waals surface area contributed by atoms with Crippen LogP contribution in [0.5, 0.6) is 5.75 Å². The van der Waals surface area contributed by atoms with E-state index in [2.05, 4.69) is 10.0 Å². The van der Waals surface area contributed by atoms with Gasteiger partial charge in [-0.05, 0) is 56.9 Å². The maximum absolute atomic E-state index is 12.4. The highest BCUT2D eigenvalue weighted by atomic mass is 32.2. The van der Waals surface area contributed by atoms with Gasteiger partial charge in [-0.15, -0.1) is 0 Å². The second-order valence-corrected chi connectivity index (χ2v) is 9.33. The minimum absolute atomic E-state index is 0.0547. The Kier molecular flexibility index (Phi) is 7.31. The molecule has 0 spiro atoms. The summed E-state index contributed by atoms with van der Waals surface area (Å²) in [7, 11) is -3.59. The van der Waals surface area contributed by atoms with Crippen LogP contribution in [0.1, 0.15) is 51.9 Å². The molecule has 1 aliphatic heterocycles. The number of hydrogen-bond acceptors (Lipinski definition) is 5. The van der Waals surface area contributed by atoms with Crippen LogP contribution in [0.2, 0.25) is 0 Å². The van der Waals surface area contributed by atoms with Crippen molar-refractivity contribution >= 4 is 15.9 Å². The molecule has 1 aliphatic carbocycles. The maximum atomic E-state index is 12.4. The van der Waals surface area contributed by atoms with Gasteiger partial charge in [0.15, 0.2) is 6.10 Å². The lowest BCUT2D eigenvalue weighted by molar-refractivity contribution is -0.128. The number of sulfonamides is 1. The molecule has 0 radical (unpaired) electrons. The first-order valence-corrected chi connectivity index (χ1v) is 11.6. The summed E-state index contributed by atoms with van der Waals surface area (Å²) >= 11 is 0. The molecule has 0 aromatic heterocycles. The minimum atomic E-state index is -3.59. The number of nitrogens with one attached hydrogen (secondary N) is 2. The molecule has 0 bridgehead atoms. The van der Waals surface area contributed by atoms with Gasteiger partial charge in [0.25, 0.3) is 5.91 Å². The van der Waals surface area contributed by atoms with E-state index in [9.17, 15) is 13.2 Å². The average molecular weight is 411 g/mol. The second kappa shape index (κ2) is 9.71. The van der Waals surface area contributed by atoms with Crippen LogP contribution in [0.25, 0.3) is 0 Å². The van der Waals surface area contributed by atoms with E-state index in [1.165, 1.54) is 18.6 Å². The summed E-state index contributed by atoms with van der Waals surface area (Å²) in [6.45, 7) is 2.66. The Hall–Kier alpha value is -1.64. The van der Waals surface area contributed by atoms with Crippen LogP contribution in [0, 0.1) is 0 Å². The van der Waals surface area contributed by atoms with E-state index >= 15 is 0 Å². The fourth-order valence-electron chi connectivity index (χ4n) is 3.61. The molecule has 1 heterocycles. The van der Waals surface area contributed by atoms with Gasteiger partial charge in [-0.25, -0.2) is 13.1 Å². The molecule has 1 amide bonds. The maximum Gasteiger partial charge on any atom is 0.260 e. The Balaban J connectivity index is 1.50. The van der Waals surface area contributed by atoms with E-state index in [4.69, 9.17) is 9.47 Å². The summed E-state index contributed by atoms with van der Waals surface area (Å²) in [5.74, 6) is 0.325. The van der Waals surface area contributed by atoms with E-state index in [1.807, 2.05) is 0 Å². The van der Waals surface area contributed by atoms with Gasteiger partial charge in [0.2, 0.25) is 10.0 Å². The smallest absolute Gasteiger partial charge is 0.260 e. The van der Waals surface area contributed by atoms with Crippen LogP contribution in [-0.2, 0) is 19.6 Å². The van der Waals surface area contributed by atoms with Crippen LogP contribution < -0.4 is 14.8 Å². The standard InChI is InChI=1S/C20H30N2O5S/c1-15(20(23)22-16-6-3-2-4-7-16)27-17-9-11-19(12-10-17)28(24,25)21-14-18-8-5-13-26-18/h9-12,15-16,18,21H,2-8,13-14H2,1H3,(H,22,23)/t15-,18-/m0/s1. The Morgan fingerprint density at radius 1 is 1.14 bits per heavy atom. The molecule has 7 nitrogen and oxygen atoms in total. The Morgan fingerprint density at radius 2 is 1.86 bits per heavy atom. The van der Waals surface area contributed by atoms with Gasteiger partial charge in [0.05, 0.1) is 11.0 Å². The molecule has 1 aromatic carbocycles. The third-order valence-electron chi connectivity index (χ3n) is 5.29. The average Bonchev–Trinajstić information content (AvgIpc) is 3.21. The van der Waals surface area contributed by atoms with Crippen LogP contribution in [0.4, 0.5) is 0 Å². The molecule has 2 aliphatic rings. The fraction of sp³-hybridized carbons (Fsp3) is 0.650. The van der Waals surface area contributed by atoms with Crippen LogP contribution in [0.3, 0.4) is 0 Å². The van der Waals surface area contributed by atoms with Crippen molar-refractivity contribution in [3.63, 3.8) is 0 Å². The minimum Gasteiger partial charge on any atom is -0.481 e. The molecule has 3 rings (SSSR count). The highest BCUT2D eigenvalue weighted by molar-refractivity contribution is 7.89. The van der Waals surface area contributed by atoms with Crippen molar-refractivity contribution < 1.29 is 22.7 Å². The number of benzene rings is 1. The number of amides is 1. The van der Waals surface area contributed by atoms with Crippen LogP contribution in [0.15, 0.2) is 29.2 Å². The molecule has 1 saturated carbocycles. The van der Waals surface area contributed by atoms with Crippen LogP contribution in [-0.4, -0.2) is 45.7 Å². The van der Waals surface area contributed by atoms with Gasteiger partial charge in [-0.2, -0.15) is 0 Å². The summed E-state index contributed by atoms with van der Waals surface area (Å²) in [5, 5.41) is 3.04. The molecular formula is C20H30N2O5S. The van der Waals surface area contributed by atoms with Gasteiger partial charge in [-0.3, -0.25) is 4.79 Å². The van der Waals surface area contributed by atoms with Gasteiger partial charge < -0.3 is 14.8 Å². The van der Waals surface area contributed by atoms with Gasteiger partial charge in [0.1, 0.15) is 5.75 Å². The molecule has 2 fully saturated rings. The van der Waals surface area contributed by atoms with Crippen molar-refractivity contribution in [1.82, 2.24) is 10.0 Å². The molecular weight excluding hydrogens is 380 g/mol. The summed E-state index contributed by atoms with van der Waals surface area (Å²) in [4.78, 5) is 12.5. The SMILES string of the molecule is C[C@H](Oc1ccc(S(=O)(=O)NC[C@@H]2CCCO2)cc1)C(=O)NC1CCCCC1. The van der Waals surface area contributed by atoms with E-state index in [1.54, 1.807) is 19.1 Å².